The average molecular weight is 373 g/mol. The molecule has 4 nitrogen and oxygen atoms in total. The molecule has 0 aliphatic heterocycles. The number of aromatic nitrogens is 4. The van der Waals surface area contributed by atoms with E-state index in [1.807, 2.05) is 13.4 Å². The van der Waals surface area contributed by atoms with Crippen molar-refractivity contribution < 1.29 is 0 Å². The van der Waals surface area contributed by atoms with Crippen LogP contribution >= 0.6 is 15.9 Å². The van der Waals surface area contributed by atoms with Gasteiger partial charge in [-0.15, -0.1) is 10.2 Å². The first-order valence-corrected chi connectivity index (χ1v) is 8.98. The minimum Gasteiger partial charge on any atom is -0.348 e. The topological polar surface area (TPSA) is 35.6 Å². The van der Waals surface area contributed by atoms with Crippen molar-refractivity contribution in [3.05, 3.63) is 46.6 Å². The Morgan fingerprint density at radius 1 is 1.35 bits per heavy atom. The fraction of sp³-hybridized carbons (Fsp3) is 0.444. The molecule has 0 amide bonds. The van der Waals surface area contributed by atoms with Crippen molar-refractivity contribution in [2.24, 2.45) is 13.0 Å². The molecule has 23 heavy (non-hydrogen) atoms. The number of hydrogen-bond acceptors (Lipinski definition) is 2. The van der Waals surface area contributed by atoms with E-state index in [0.717, 1.165) is 31.1 Å². The Morgan fingerprint density at radius 2 is 2.13 bits per heavy atom. The van der Waals surface area contributed by atoms with Crippen LogP contribution in [-0.2, 0) is 19.0 Å². The Labute approximate surface area is 144 Å². The van der Waals surface area contributed by atoms with Crippen LogP contribution in [0.25, 0.3) is 10.9 Å². The van der Waals surface area contributed by atoms with Crippen molar-refractivity contribution in [3.63, 3.8) is 0 Å². The number of halogens is 1. The van der Waals surface area contributed by atoms with Gasteiger partial charge in [-0.2, -0.15) is 0 Å². The number of benzene rings is 1. The summed E-state index contributed by atoms with van der Waals surface area (Å²) in [6, 6.07) is 6.82. The Hall–Kier alpha value is -1.62. The first-order chi connectivity index (χ1) is 11.0. The predicted molar refractivity (Wildman–Crippen MR) is 95.5 cm³/mol. The van der Waals surface area contributed by atoms with Crippen molar-refractivity contribution in [2.45, 2.75) is 38.6 Å². The van der Waals surface area contributed by atoms with Crippen molar-refractivity contribution in [2.75, 3.05) is 0 Å². The Morgan fingerprint density at radius 3 is 2.74 bits per heavy atom. The van der Waals surface area contributed by atoms with Crippen LogP contribution in [-0.4, -0.2) is 19.3 Å². The van der Waals surface area contributed by atoms with Crippen LogP contribution in [0.2, 0.25) is 0 Å². The third-order valence-corrected chi connectivity index (χ3v) is 5.92. The normalized spacial score (nSPS) is 24.1. The van der Waals surface area contributed by atoms with Crippen LogP contribution < -0.4 is 0 Å². The summed E-state index contributed by atoms with van der Waals surface area (Å²) in [7, 11) is 2.04. The molecule has 2 heterocycles. The van der Waals surface area contributed by atoms with Gasteiger partial charge < -0.3 is 9.13 Å². The molecule has 1 aromatic carbocycles. The van der Waals surface area contributed by atoms with Gasteiger partial charge >= 0.3 is 0 Å². The molecule has 4 rings (SSSR count). The van der Waals surface area contributed by atoms with Crippen LogP contribution in [0.5, 0.6) is 0 Å². The lowest BCUT2D eigenvalue weighted by atomic mass is 9.58. The molecular weight excluding hydrogens is 352 g/mol. The Balaban J connectivity index is 1.94. The molecule has 1 saturated carbocycles. The largest absolute Gasteiger partial charge is 0.348 e. The molecule has 5 heteroatoms. The summed E-state index contributed by atoms with van der Waals surface area (Å²) in [4.78, 5) is 0. The molecule has 3 aromatic rings. The molecule has 0 saturated heterocycles. The number of nitrogens with zero attached hydrogens (tertiary/aromatic N) is 4. The van der Waals surface area contributed by atoms with Crippen molar-refractivity contribution in [1.82, 2.24) is 19.3 Å². The van der Waals surface area contributed by atoms with E-state index in [0.29, 0.717) is 0 Å². The SMILES string of the molecule is CCn1ccc2c(Br)cc(C3(c4nncn4C)CC(C)C3)cc21. The summed E-state index contributed by atoms with van der Waals surface area (Å²) >= 11 is 3.78. The first-order valence-electron chi connectivity index (χ1n) is 8.18. The summed E-state index contributed by atoms with van der Waals surface area (Å²) in [6.07, 6.45) is 6.23. The van der Waals surface area contributed by atoms with E-state index >= 15 is 0 Å². The summed E-state index contributed by atoms with van der Waals surface area (Å²) in [5, 5.41) is 9.85. The highest BCUT2D eigenvalue weighted by Gasteiger charge is 2.48. The minimum absolute atomic E-state index is 0.00970. The van der Waals surface area contributed by atoms with E-state index < -0.39 is 0 Å². The molecule has 0 radical (unpaired) electrons. The summed E-state index contributed by atoms with van der Waals surface area (Å²) < 4.78 is 5.54. The highest BCUT2D eigenvalue weighted by Crippen LogP contribution is 2.52. The molecule has 0 N–H and O–H groups in total. The fourth-order valence-corrected chi connectivity index (χ4v) is 4.78. The van der Waals surface area contributed by atoms with Crippen molar-refractivity contribution in [3.8, 4) is 0 Å². The van der Waals surface area contributed by atoms with Gasteiger partial charge in [0, 0.05) is 35.2 Å². The monoisotopic (exact) mass is 372 g/mol. The van der Waals surface area contributed by atoms with E-state index in [2.05, 4.69) is 73.5 Å². The second-order valence-electron chi connectivity index (χ2n) is 6.85. The molecule has 2 aromatic heterocycles. The van der Waals surface area contributed by atoms with E-state index in [1.165, 1.54) is 20.9 Å². The van der Waals surface area contributed by atoms with E-state index in [1.54, 1.807) is 0 Å². The zero-order valence-electron chi connectivity index (χ0n) is 13.8. The van der Waals surface area contributed by atoms with Gasteiger partial charge in [-0.3, -0.25) is 0 Å². The highest BCUT2D eigenvalue weighted by molar-refractivity contribution is 9.10. The van der Waals surface area contributed by atoms with E-state index in [-0.39, 0.29) is 5.41 Å². The van der Waals surface area contributed by atoms with Gasteiger partial charge in [0.1, 0.15) is 12.2 Å². The number of fused-ring (bicyclic) bond motifs is 1. The van der Waals surface area contributed by atoms with Crippen LogP contribution in [0.3, 0.4) is 0 Å². The number of rotatable bonds is 3. The Kier molecular flexibility index (Phi) is 3.38. The third-order valence-electron chi connectivity index (χ3n) is 5.26. The van der Waals surface area contributed by atoms with Gasteiger partial charge in [0.2, 0.25) is 0 Å². The molecule has 1 fully saturated rings. The summed E-state index contributed by atoms with van der Waals surface area (Å²) in [5.74, 6) is 1.80. The van der Waals surface area contributed by atoms with Crippen LogP contribution in [0, 0.1) is 5.92 Å². The second-order valence-corrected chi connectivity index (χ2v) is 7.71. The fourth-order valence-electron chi connectivity index (χ4n) is 4.20. The van der Waals surface area contributed by atoms with Gasteiger partial charge in [-0.1, -0.05) is 22.9 Å². The number of hydrogen-bond donors (Lipinski definition) is 0. The highest BCUT2D eigenvalue weighted by atomic mass is 79.9. The lowest BCUT2D eigenvalue weighted by Gasteiger charge is -2.46. The summed E-state index contributed by atoms with van der Waals surface area (Å²) in [6.45, 7) is 5.48. The van der Waals surface area contributed by atoms with Gasteiger partial charge in [0.15, 0.2) is 0 Å². The maximum absolute atomic E-state index is 4.45. The molecule has 0 unspecified atom stereocenters. The van der Waals surface area contributed by atoms with Crippen LogP contribution in [0.1, 0.15) is 38.1 Å². The molecule has 0 atom stereocenters. The summed E-state index contributed by atoms with van der Waals surface area (Å²) in [5.41, 5.74) is 2.63. The Bertz CT molecular complexity index is 870. The first kappa shape index (κ1) is 14.9. The quantitative estimate of drug-likeness (QED) is 0.688. The van der Waals surface area contributed by atoms with Gasteiger partial charge in [0.05, 0.1) is 5.41 Å². The minimum atomic E-state index is -0.00970. The maximum atomic E-state index is 4.45. The van der Waals surface area contributed by atoms with E-state index in [9.17, 15) is 0 Å². The smallest absolute Gasteiger partial charge is 0.143 e. The van der Waals surface area contributed by atoms with Crippen LogP contribution in [0.4, 0.5) is 0 Å². The zero-order valence-corrected chi connectivity index (χ0v) is 15.3. The zero-order chi connectivity index (χ0) is 16.2. The average Bonchev–Trinajstić information content (AvgIpc) is 3.10. The molecule has 120 valence electrons. The van der Waals surface area contributed by atoms with Gasteiger partial charge in [-0.25, -0.2) is 0 Å². The standard InChI is InChI=1S/C18H21BrN4/c1-4-23-6-5-14-15(19)7-13(8-16(14)23)18(9-12(2)10-18)17-21-20-11-22(17)3/h5-8,11-12H,4,9-10H2,1-3H3. The second kappa shape index (κ2) is 5.20. The number of aryl methyl sites for hydroxylation is 2. The molecule has 0 spiro atoms. The maximum Gasteiger partial charge on any atom is 0.143 e. The lowest BCUT2D eigenvalue weighted by molar-refractivity contribution is 0.185. The van der Waals surface area contributed by atoms with Gasteiger partial charge in [-0.05, 0) is 49.4 Å². The lowest BCUT2D eigenvalue weighted by Crippen LogP contribution is -2.43. The van der Waals surface area contributed by atoms with E-state index in [4.69, 9.17) is 0 Å². The third kappa shape index (κ3) is 2.09. The van der Waals surface area contributed by atoms with Crippen molar-refractivity contribution >= 4 is 26.8 Å². The molecule has 0 bridgehead atoms. The van der Waals surface area contributed by atoms with Crippen LogP contribution in [0.15, 0.2) is 35.2 Å². The van der Waals surface area contributed by atoms with Gasteiger partial charge in [0.25, 0.3) is 0 Å². The molecular formula is C18H21BrN4. The van der Waals surface area contributed by atoms with Crippen molar-refractivity contribution in [1.29, 1.82) is 0 Å². The predicted octanol–water partition coefficient (Wildman–Crippen LogP) is 4.27. The molecule has 1 aliphatic rings. The molecule has 1 aliphatic carbocycles.